The first-order chi connectivity index (χ1) is 8.11. The molecule has 0 bridgehead atoms. The number of morpholine rings is 1. The second kappa shape index (κ2) is 5.60. The number of nitrogens with zero attached hydrogens (tertiary/aromatic N) is 1. The zero-order chi connectivity index (χ0) is 12.4. The van der Waals surface area contributed by atoms with Crippen LogP contribution in [-0.2, 0) is 14.2 Å². The van der Waals surface area contributed by atoms with Crippen LogP contribution >= 0.6 is 0 Å². The van der Waals surface area contributed by atoms with Gasteiger partial charge in [-0.1, -0.05) is 0 Å². The van der Waals surface area contributed by atoms with Gasteiger partial charge in [-0.05, 0) is 6.92 Å². The predicted octanol–water partition coefficient (Wildman–Crippen LogP) is -0.852. The van der Waals surface area contributed by atoms with Gasteiger partial charge in [0, 0.05) is 32.7 Å². The molecule has 0 aromatic carbocycles. The Morgan fingerprint density at radius 3 is 2.82 bits per heavy atom. The number of ether oxygens (including phenoxy) is 3. The minimum Gasteiger partial charge on any atom is -0.389 e. The summed E-state index contributed by atoms with van der Waals surface area (Å²) in [5.41, 5.74) is 0. The Kier molecular flexibility index (Phi) is 4.35. The van der Waals surface area contributed by atoms with Crippen molar-refractivity contribution in [2.45, 2.75) is 44.2 Å². The van der Waals surface area contributed by atoms with Crippen LogP contribution in [-0.4, -0.2) is 72.7 Å². The lowest BCUT2D eigenvalue weighted by molar-refractivity contribution is -0.234. The van der Waals surface area contributed by atoms with Crippen molar-refractivity contribution >= 4 is 0 Å². The molecule has 6 heteroatoms. The van der Waals surface area contributed by atoms with Crippen LogP contribution in [0.2, 0.25) is 0 Å². The van der Waals surface area contributed by atoms with E-state index in [9.17, 15) is 10.2 Å². The van der Waals surface area contributed by atoms with Gasteiger partial charge < -0.3 is 24.4 Å². The number of hydrogen-bond donors (Lipinski definition) is 2. The van der Waals surface area contributed by atoms with E-state index >= 15 is 0 Å². The molecule has 2 saturated heterocycles. The van der Waals surface area contributed by atoms with E-state index in [0.29, 0.717) is 19.6 Å². The van der Waals surface area contributed by atoms with Gasteiger partial charge in [-0.2, -0.15) is 0 Å². The molecule has 0 amide bonds. The molecule has 2 heterocycles. The van der Waals surface area contributed by atoms with Crippen molar-refractivity contribution in [1.82, 2.24) is 4.90 Å². The molecule has 0 aromatic rings. The molecule has 2 fully saturated rings. The molecule has 17 heavy (non-hydrogen) atoms. The highest BCUT2D eigenvalue weighted by Crippen LogP contribution is 2.24. The summed E-state index contributed by atoms with van der Waals surface area (Å²) in [5, 5.41) is 19.7. The molecular weight excluding hydrogens is 226 g/mol. The Morgan fingerprint density at radius 2 is 2.12 bits per heavy atom. The van der Waals surface area contributed by atoms with E-state index in [4.69, 9.17) is 14.2 Å². The highest BCUT2D eigenvalue weighted by molar-refractivity contribution is 4.88. The summed E-state index contributed by atoms with van der Waals surface area (Å²) in [6, 6.07) is -0.102. The van der Waals surface area contributed by atoms with Crippen LogP contribution in [0, 0.1) is 0 Å². The van der Waals surface area contributed by atoms with Gasteiger partial charge in [-0.15, -0.1) is 0 Å². The zero-order valence-corrected chi connectivity index (χ0v) is 10.3. The monoisotopic (exact) mass is 247 g/mol. The SMILES string of the molecule is CO[C@@H]1CN([C@H]2C[C@H](O)O[C@@H](C)[C@H]2O)CCO1. The van der Waals surface area contributed by atoms with Crippen molar-refractivity contribution < 1.29 is 24.4 Å². The van der Waals surface area contributed by atoms with Crippen molar-refractivity contribution in [3.63, 3.8) is 0 Å². The fourth-order valence-corrected chi connectivity index (χ4v) is 2.49. The Labute approximate surface area is 101 Å². The standard InChI is InChI=1S/C11H21NO5/c1-7-11(14)8(5-9(13)17-7)12-3-4-16-10(6-12)15-2/h7-11,13-14H,3-6H2,1-2H3/t7-,8-,9+,10-,11+/m0/s1. The highest BCUT2D eigenvalue weighted by atomic mass is 16.7. The number of aliphatic hydroxyl groups is 2. The van der Waals surface area contributed by atoms with Crippen molar-refractivity contribution in [2.24, 2.45) is 0 Å². The maximum absolute atomic E-state index is 10.1. The number of methoxy groups -OCH3 is 1. The molecular formula is C11H21NO5. The van der Waals surface area contributed by atoms with Gasteiger partial charge in [-0.25, -0.2) is 0 Å². The summed E-state index contributed by atoms with van der Waals surface area (Å²) in [4.78, 5) is 2.10. The maximum Gasteiger partial charge on any atom is 0.169 e. The molecule has 5 atom stereocenters. The predicted molar refractivity (Wildman–Crippen MR) is 59.3 cm³/mol. The third-order valence-electron chi connectivity index (χ3n) is 3.49. The first-order valence-corrected chi connectivity index (χ1v) is 6.02. The third-order valence-corrected chi connectivity index (χ3v) is 3.49. The summed E-state index contributed by atoms with van der Waals surface area (Å²) in [6.45, 7) is 3.69. The fourth-order valence-electron chi connectivity index (χ4n) is 2.49. The lowest BCUT2D eigenvalue weighted by Gasteiger charge is -2.44. The first-order valence-electron chi connectivity index (χ1n) is 6.02. The Hall–Kier alpha value is -0.240. The first kappa shape index (κ1) is 13.2. The van der Waals surface area contributed by atoms with Gasteiger partial charge in [-0.3, -0.25) is 4.90 Å². The van der Waals surface area contributed by atoms with E-state index in [2.05, 4.69) is 4.90 Å². The minimum absolute atomic E-state index is 0.102. The largest absolute Gasteiger partial charge is 0.389 e. The summed E-state index contributed by atoms with van der Waals surface area (Å²) < 4.78 is 15.7. The second-order valence-electron chi connectivity index (χ2n) is 4.62. The van der Waals surface area contributed by atoms with Gasteiger partial charge in [0.15, 0.2) is 12.6 Å². The molecule has 2 N–H and O–H groups in total. The van der Waals surface area contributed by atoms with Gasteiger partial charge in [0.05, 0.1) is 18.8 Å². The van der Waals surface area contributed by atoms with Gasteiger partial charge >= 0.3 is 0 Å². The van der Waals surface area contributed by atoms with Crippen LogP contribution in [0.5, 0.6) is 0 Å². The normalized spacial score (nSPS) is 44.8. The van der Waals surface area contributed by atoms with E-state index in [1.807, 2.05) is 0 Å². The van der Waals surface area contributed by atoms with Crippen LogP contribution in [0.3, 0.4) is 0 Å². The van der Waals surface area contributed by atoms with Crippen LogP contribution < -0.4 is 0 Å². The Morgan fingerprint density at radius 1 is 1.35 bits per heavy atom. The van der Waals surface area contributed by atoms with E-state index in [-0.39, 0.29) is 18.4 Å². The molecule has 0 aromatic heterocycles. The Balaban J connectivity index is 1.99. The topological polar surface area (TPSA) is 71.4 Å². The Bertz CT molecular complexity index is 252. The summed E-state index contributed by atoms with van der Waals surface area (Å²) in [5.74, 6) is 0. The molecule has 0 saturated carbocycles. The summed E-state index contributed by atoms with van der Waals surface area (Å²) >= 11 is 0. The van der Waals surface area contributed by atoms with Crippen molar-refractivity contribution in [3.05, 3.63) is 0 Å². The summed E-state index contributed by atoms with van der Waals surface area (Å²) in [7, 11) is 1.60. The maximum atomic E-state index is 10.1. The van der Waals surface area contributed by atoms with E-state index < -0.39 is 12.4 Å². The van der Waals surface area contributed by atoms with Crippen LogP contribution in [0.4, 0.5) is 0 Å². The van der Waals surface area contributed by atoms with Gasteiger partial charge in [0.2, 0.25) is 0 Å². The molecule has 6 nitrogen and oxygen atoms in total. The number of aliphatic hydroxyl groups excluding tert-OH is 2. The average Bonchev–Trinajstić information content (AvgIpc) is 2.34. The third kappa shape index (κ3) is 2.96. The molecule has 0 spiro atoms. The summed E-state index contributed by atoms with van der Waals surface area (Å²) in [6.07, 6.45) is -1.59. The smallest absolute Gasteiger partial charge is 0.169 e. The quantitative estimate of drug-likeness (QED) is 0.662. The van der Waals surface area contributed by atoms with E-state index in [1.165, 1.54) is 0 Å². The molecule has 100 valence electrons. The molecule has 0 unspecified atom stereocenters. The van der Waals surface area contributed by atoms with Crippen LogP contribution in [0.1, 0.15) is 13.3 Å². The molecule has 0 radical (unpaired) electrons. The van der Waals surface area contributed by atoms with E-state index in [0.717, 1.165) is 6.54 Å². The lowest BCUT2D eigenvalue weighted by Crippen LogP contribution is -2.58. The van der Waals surface area contributed by atoms with Crippen molar-refractivity contribution in [1.29, 1.82) is 0 Å². The molecule has 2 rings (SSSR count). The second-order valence-corrected chi connectivity index (χ2v) is 4.62. The number of rotatable bonds is 2. The van der Waals surface area contributed by atoms with Gasteiger partial charge in [0.1, 0.15) is 0 Å². The number of hydrogen-bond acceptors (Lipinski definition) is 6. The zero-order valence-electron chi connectivity index (χ0n) is 10.3. The lowest BCUT2D eigenvalue weighted by atomic mass is 9.97. The van der Waals surface area contributed by atoms with Crippen molar-refractivity contribution in [2.75, 3.05) is 26.8 Å². The molecule has 0 aliphatic carbocycles. The highest BCUT2D eigenvalue weighted by Gasteiger charge is 2.39. The van der Waals surface area contributed by atoms with Crippen LogP contribution in [0.25, 0.3) is 0 Å². The molecule has 2 aliphatic heterocycles. The molecule has 2 aliphatic rings. The minimum atomic E-state index is -0.803. The van der Waals surface area contributed by atoms with Gasteiger partial charge in [0.25, 0.3) is 0 Å². The van der Waals surface area contributed by atoms with Crippen LogP contribution in [0.15, 0.2) is 0 Å². The fraction of sp³-hybridized carbons (Fsp3) is 1.00. The average molecular weight is 247 g/mol. The van der Waals surface area contributed by atoms with E-state index in [1.54, 1.807) is 14.0 Å². The van der Waals surface area contributed by atoms with Crippen molar-refractivity contribution in [3.8, 4) is 0 Å².